The smallest absolute Gasteiger partial charge is 0.274 e. The highest BCUT2D eigenvalue weighted by Crippen LogP contribution is 2.33. The first-order chi connectivity index (χ1) is 17.5. The maximum Gasteiger partial charge on any atom is 0.274 e. The number of likely N-dealkylation sites (tertiary alicyclic amines) is 1. The Morgan fingerprint density at radius 1 is 1.08 bits per heavy atom. The fourth-order valence-electron chi connectivity index (χ4n) is 6.09. The molecule has 0 bridgehead atoms. The van der Waals surface area contributed by atoms with Crippen molar-refractivity contribution in [2.75, 3.05) is 13.1 Å². The largest absolute Gasteiger partial charge is 0.489 e. The summed E-state index contributed by atoms with van der Waals surface area (Å²) in [6, 6.07) is 7.87. The van der Waals surface area contributed by atoms with Crippen molar-refractivity contribution in [1.29, 1.82) is 0 Å². The Labute approximate surface area is 218 Å². The lowest BCUT2D eigenvalue weighted by molar-refractivity contribution is -0.119. The second-order valence-corrected chi connectivity index (χ2v) is 11.0. The highest BCUT2D eigenvalue weighted by molar-refractivity contribution is 6.32. The van der Waals surface area contributed by atoms with Gasteiger partial charge in [-0.05, 0) is 82.3 Å². The normalized spacial score (nSPS) is 22.3. The van der Waals surface area contributed by atoms with Crippen LogP contribution in [0.3, 0.4) is 0 Å². The van der Waals surface area contributed by atoms with Crippen molar-refractivity contribution in [3.05, 3.63) is 46.2 Å². The number of fused-ring (bicyclic) bond motifs is 1. The molecule has 2 heterocycles. The van der Waals surface area contributed by atoms with E-state index in [-0.39, 0.29) is 24.0 Å². The van der Waals surface area contributed by atoms with Gasteiger partial charge in [0.1, 0.15) is 5.75 Å². The summed E-state index contributed by atoms with van der Waals surface area (Å²) in [5, 5.41) is 8.51. The molecule has 2 fully saturated rings. The van der Waals surface area contributed by atoms with Crippen molar-refractivity contribution >= 4 is 23.4 Å². The zero-order valence-corrected chi connectivity index (χ0v) is 21.9. The molecule has 8 heteroatoms. The van der Waals surface area contributed by atoms with Crippen molar-refractivity contribution in [3.8, 4) is 5.75 Å². The molecule has 0 radical (unpaired) electrons. The van der Waals surface area contributed by atoms with Gasteiger partial charge in [-0.3, -0.25) is 14.3 Å². The summed E-state index contributed by atoms with van der Waals surface area (Å²) in [5.74, 6) is 1.50. The van der Waals surface area contributed by atoms with E-state index in [1.807, 2.05) is 29.2 Å². The monoisotopic (exact) mass is 512 g/mol. The molecule has 1 saturated carbocycles. The number of para-hydroxylation sites is 1. The lowest BCUT2D eigenvalue weighted by atomic mass is 9.85. The fourth-order valence-corrected chi connectivity index (χ4v) is 6.27. The van der Waals surface area contributed by atoms with E-state index in [1.54, 1.807) is 6.92 Å². The first-order valence-corrected chi connectivity index (χ1v) is 13.9. The topological polar surface area (TPSA) is 76.5 Å². The van der Waals surface area contributed by atoms with Gasteiger partial charge in [0.25, 0.3) is 5.91 Å². The van der Waals surface area contributed by atoms with Crippen LogP contribution >= 0.6 is 11.6 Å². The lowest BCUT2D eigenvalue weighted by Crippen LogP contribution is -2.46. The summed E-state index contributed by atoms with van der Waals surface area (Å²) in [6.45, 7) is 3.77. The Kier molecular flexibility index (Phi) is 7.85. The number of nitrogens with one attached hydrogen (secondary N) is 1. The van der Waals surface area contributed by atoms with Crippen LogP contribution in [0.4, 0.5) is 0 Å². The number of rotatable bonds is 7. The Bertz CT molecular complexity index is 1080. The molecule has 2 amide bonds. The van der Waals surface area contributed by atoms with E-state index in [4.69, 9.17) is 21.4 Å². The average molecular weight is 513 g/mol. The van der Waals surface area contributed by atoms with Gasteiger partial charge < -0.3 is 15.0 Å². The summed E-state index contributed by atoms with van der Waals surface area (Å²) in [7, 11) is 0. The molecule has 0 spiro atoms. The lowest BCUT2D eigenvalue weighted by Gasteiger charge is -2.32. The van der Waals surface area contributed by atoms with Crippen LogP contribution in [0.2, 0.25) is 5.02 Å². The third-order valence-corrected chi connectivity index (χ3v) is 8.38. The number of aromatic nitrogens is 2. The van der Waals surface area contributed by atoms with Crippen LogP contribution < -0.4 is 10.1 Å². The van der Waals surface area contributed by atoms with Crippen LogP contribution in [0.5, 0.6) is 5.75 Å². The summed E-state index contributed by atoms with van der Waals surface area (Å²) >= 11 is 6.26. The minimum atomic E-state index is -0.00190. The van der Waals surface area contributed by atoms with E-state index in [1.165, 1.54) is 11.3 Å². The van der Waals surface area contributed by atoms with Crippen molar-refractivity contribution in [3.63, 3.8) is 0 Å². The van der Waals surface area contributed by atoms with Gasteiger partial charge in [0.2, 0.25) is 5.91 Å². The maximum absolute atomic E-state index is 13.4. The van der Waals surface area contributed by atoms with Crippen molar-refractivity contribution < 1.29 is 14.3 Å². The number of halogens is 1. The number of carbonyl (C=O) groups excluding carboxylic acids is 2. The van der Waals surface area contributed by atoms with Crippen LogP contribution in [0, 0.1) is 5.92 Å². The van der Waals surface area contributed by atoms with Gasteiger partial charge in [-0.1, -0.05) is 23.7 Å². The summed E-state index contributed by atoms with van der Waals surface area (Å²) in [4.78, 5) is 26.6. The number of nitrogens with zero attached hydrogens (tertiary/aromatic N) is 3. The fraction of sp³-hybridized carbons (Fsp3) is 0.607. The molecule has 5 rings (SSSR count). The average Bonchev–Trinajstić information content (AvgIpc) is 3.48. The van der Waals surface area contributed by atoms with E-state index in [2.05, 4.69) is 10.00 Å². The van der Waals surface area contributed by atoms with E-state index in [0.717, 1.165) is 76.5 Å². The number of hydrogen-bond acceptors (Lipinski definition) is 4. The molecule has 194 valence electrons. The Morgan fingerprint density at radius 3 is 2.56 bits per heavy atom. The third kappa shape index (κ3) is 5.72. The molecule has 0 unspecified atom stereocenters. The van der Waals surface area contributed by atoms with Crippen molar-refractivity contribution in [2.24, 2.45) is 5.92 Å². The minimum Gasteiger partial charge on any atom is -0.489 e. The van der Waals surface area contributed by atoms with Gasteiger partial charge in [-0.25, -0.2) is 0 Å². The van der Waals surface area contributed by atoms with Gasteiger partial charge in [0.05, 0.1) is 11.1 Å². The van der Waals surface area contributed by atoms with Crippen LogP contribution in [0.15, 0.2) is 24.3 Å². The second-order valence-electron chi connectivity index (χ2n) is 10.6. The predicted octanol–water partition coefficient (Wildman–Crippen LogP) is 4.79. The molecule has 1 aromatic heterocycles. The quantitative estimate of drug-likeness (QED) is 0.578. The molecule has 3 aliphatic rings. The van der Waals surface area contributed by atoms with Gasteiger partial charge in [-0.2, -0.15) is 5.10 Å². The van der Waals surface area contributed by atoms with Crippen LogP contribution in [0.1, 0.15) is 80.0 Å². The highest BCUT2D eigenvalue weighted by Gasteiger charge is 2.31. The Morgan fingerprint density at radius 2 is 1.83 bits per heavy atom. The Balaban J connectivity index is 1.14. The SMILES string of the molecule is CC(=O)NC1CCN(C(=O)c2nn(CC[C@H]3CC[C@@H](Oc4ccccc4Cl)CC3)c3c2CCC3)CC1. The number of benzene rings is 1. The van der Waals surface area contributed by atoms with Gasteiger partial charge in [0, 0.05) is 43.9 Å². The third-order valence-electron chi connectivity index (χ3n) is 8.07. The zero-order valence-electron chi connectivity index (χ0n) is 21.2. The van der Waals surface area contributed by atoms with Crippen molar-refractivity contribution in [1.82, 2.24) is 20.0 Å². The number of piperidine rings is 1. The number of amides is 2. The molecule has 2 aromatic rings. The van der Waals surface area contributed by atoms with E-state index < -0.39 is 0 Å². The summed E-state index contributed by atoms with van der Waals surface area (Å²) in [6.07, 6.45) is 10.4. The van der Waals surface area contributed by atoms with Gasteiger partial charge in [-0.15, -0.1) is 0 Å². The number of ether oxygens (including phenoxy) is 1. The number of hydrogen-bond donors (Lipinski definition) is 1. The molecule has 0 atom stereocenters. The molecule has 1 aromatic carbocycles. The molecular weight excluding hydrogens is 476 g/mol. The van der Waals surface area contributed by atoms with E-state index in [9.17, 15) is 9.59 Å². The van der Waals surface area contributed by atoms with Crippen LogP contribution in [-0.2, 0) is 24.2 Å². The summed E-state index contributed by atoms with van der Waals surface area (Å²) in [5.41, 5.74) is 3.10. The van der Waals surface area contributed by atoms with Gasteiger partial charge >= 0.3 is 0 Å². The predicted molar refractivity (Wildman–Crippen MR) is 139 cm³/mol. The molecule has 1 saturated heterocycles. The van der Waals surface area contributed by atoms with Crippen LogP contribution in [-0.4, -0.2) is 51.7 Å². The first kappa shape index (κ1) is 25.1. The van der Waals surface area contributed by atoms with Crippen LogP contribution in [0.25, 0.3) is 0 Å². The molecule has 1 N–H and O–H groups in total. The van der Waals surface area contributed by atoms with E-state index in [0.29, 0.717) is 29.7 Å². The standard InChI is InChI=1S/C28H37ClN4O3/c1-19(34)30-21-14-16-32(17-15-21)28(35)27-23-5-4-7-25(23)33(31-27)18-13-20-9-11-22(12-10-20)36-26-8-3-2-6-24(26)29/h2-3,6,8,20-22H,4-5,7,9-18H2,1H3,(H,30,34)/t20-,22+. The molecule has 7 nitrogen and oxygen atoms in total. The van der Waals surface area contributed by atoms with Gasteiger partial charge in [0.15, 0.2) is 5.69 Å². The number of carbonyl (C=O) groups is 2. The molecular formula is C28H37ClN4O3. The second kappa shape index (κ2) is 11.2. The molecule has 1 aliphatic heterocycles. The Hall–Kier alpha value is -2.54. The zero-order chi connectivity index (χ0) is 25.1. The maximum atomic E-state index is 13.4. The first-order valence-electron chi connectivity index (χ1n) is 13.5. The van der Waals surface area contributed by atoms with E-state index >= 15 is 0 Å². The van der Waals surface area contributed by atoms with Crippen molar-refractivity contribution in [2.45, 2.75) is 89.8 Å². The summed E-state index contributed by atoms with van der Waals surface area (Å²) < 4.78 is 8.29. The number of aryl methyl sites for hydroxylation is 1. The molecule has 2 aliphatic carbocycles. The minimum absolute atomic E-state index is 0.00190. The highest BCUT2D eigenvalue weighted by atomic mass is 35.5. The molecule has 36 heavy (non-hydrogen) atoms.